The van der Waals surface area contributed by atoms with E-state index in [0.717, 1.165) is 4.47 Å². The third-order valence-electron chi connectivity index (χ3n) is 2.98. The van der Waals surface area contributed by atoms with Crippen LogP contribution in [0.15, 0.2) is 42.8 Å². The molecule has 2 aromatic carbocycles. The molecule has 6 nitrogen and oxygen atoms in total. The first kappa shape index (κ1) is 21.5. The number of rotatable bonds is 6. The Labute approximate surface area is 188 Å². The van der Waals surface area contributed by atoms with Crippen LogP contribution in [0.5, 0.6) is 17.2 Å². The van der Waals surface area contributed by atoms with Crippen molar-refractivity contribution in [3.8, 4) is 17.2 Å². The summed E-state index contributed by atoms with van der Waals surface area (Å²) in [6.45, 7) is -0.202. The molecule has 26 heavy (non-hydrogen) atoms. The second-order valence-corrected chi connectivity index (χ2v) is 8.62. The van der Waals surface area contributed by atoms with Crippen molar-refractivity contribution in [2.75, 3.05) is 13.7 Å². The summed E-state index contributed by atoms with van der Waals surface area (Å²) >= 11 is 12.1. The van der Waals surface area contributed by atoms with Crippen LogP contribution in [0, 0.1) is 3.57 Å². The Morgan fingerprint density at radius 1 is 1.27 bits per heavy atom. The minimum atomic E-state index is -0.414. The number of methoxy groups -OCH3 is 1. The highest BCUT2D eigenvalue weighted by Crippen LogP contribution is 2.36. The number of carbonyl (C=O) groups excluding carboxylic acids is 1. The van der Waals surface area contributed by atoms with Gasteiger partial charge < -0.3 is 14.6 Å². The average Bonchev–Trinajstić information content (AvgIpc) is 2.56. The van der Waals surface area contributed by atoms with Crippen LogP contribution in [0.2, 0.25) is 0 Å². The standard InChI is InChI=1S/C16H12Br3IN2O4/c1-25-13-3-8(2-12(20)15(13)24)6-21-22-14(23)7-26-16-10(18)4-9(17)5-11(16)19/h2-6,24H,7H2,1H3,(H,22,23)/b21-6-. The van der Waals surface area contributed by atoms with E-state index in [9.17, 15) is 9.90 Å². The van der Waals surface area contributed by atoms with Crippen LogP contribution in [0.3, 0.4) is 0 Å². The molecule has 0 aromatic heterocycles. The van der Waals surface area contributed by atoms with E-state index in [4.69, 9.17) is 9.47 Å². The molecule has 0 aliphatic heterocycles. The molecule has 0 atom stereocenters. The lowest BCUT2D eigenvalue weighted by Crippen LogP contribution is -2.24. The zero-order valence-corrected chi connectivity index (χ0v) is 20.1. The first-order chi connectivity index (χ1) is 12.3. The topological polar surface area (TPSA) is 80.2 Å². The van der Waals surface area contributed by atoms with Crippen LogP contribution in [-0.4, -0.2) is 30.9 Å². The molecule has 138 valence electrons. The molecule has 0 aliphatic carbocycles. The summed E-state index contributed by atoms with van der Waals surface area (Å²) < 4.78 is 13.5. The predicted octanol–water partition coefficient (Wildman–Crippen LogP) is 4.82. The van der Waals surface area contributed by atoms with Gasteiger partial charge in [0.2, 0.25) is 0 Å². The molecule has 2 N–H and O–H groups in total. The minimum absolute atomic E-state index is 0.0633. The number of amides is 1. The first-order valence-corrected chi connectivity index (χ1v) is 10.4. The van der Waals surface area contributed by atoms with Crippen LogP contribution >= 0.6 is 70.4 Å². The van der Waals surface area contributed by atoms with Crippen molar-refractivity contribution in [1.82, 2.24) is 5.43 Å². The SMILES string of the molecule is COc1cc(/C=N\NC(=O)COc2c(Br)cc(Br)cc2Br)cc(I)c1O. The third kappa shape index (κ3) is 5.83. The summed E-state index contributed by atoms with van der Waals surface area (Å²) in [6, 6.07) is 6.95. The van der Waals surface area contributed by atoms with E-state index in [-0.39, 0.29) is 12.4 Å². The van der Waals surface area contributed by atoms with Gasteiger partial charge in [-0.05, 0) is 84.3 Å². The monoisotopic (exact) mass is 660 g/mol. The Kier molecular flexibility index (Phi) is 8.17. The van der Waals surface area contributed by atoms with Crippen molar-refractivity contribution in [1.29, 1.82) is 0 Å². The van der Waals surface area contributed by atoms with E-state index in [2.05, 4.69) is 58.3 Å². The molecule has 0 heterocycles. The molecular formula is C16H12Br3IN2O4. The molecular weight excluding hydrogens is 651 g/mol. The van der Waals surface area contributed by atoms with Gasteiger partial charge in [-0.25, -0.2) is 5.43 Å². The Morgan fingerprint density at radius 2 is 1.92 bits per heavy atom. The summed E-state index contributed by atoms with van der Waals surface area (Å²) in [6.07, 6.45) is 1.45. The van der Waals surface area contributed by atoms with Gasteiger partial charge in [0, 0.05) is 4.47 Å². The van der Waals surface area contributed by atoms with Crippen LogP contribution in [0.4, 0.5) is 0 Å². The molecule has 0 saturated carbocycles. The first-order valence-electron chi connectivity index (χ1n) is 6.97. The van der Waals surface area contributed by atoms with Crippen LogP contribution in [0.1, 0.15) is 5.56 Å². The summed E-state index contributed by atoms with van der Waals surface area (Å²) in [5.41, 5.74) is 3.05. The fourth-order valence-electron chi connectivity index (χ4n) is 1.84. The van der Waals surface area contributed by atoms with Gasteiger partial charge in [0.15, 0.2) is 18.1 Å². The van der Waals surface area contributed by atoms with Crippen molar-refractivity contribution >= 4 is 82.5 Å². The van der Waals surface area contributed by atoms with Gasteiger partial charge in [-0.3, -0.25) is 4.79 Å². The second-order valence-electron chi connectivity index (χ2n) is 4.83. The largest absolute Gasteiger partial charge is 0.504 e. The molecule has 1 amide bonds. The normalized spacial score (nSPS) is 10.8. The Morgan fingerprint density at radius 3 is 2.54 bits per heavy atom. The number of phenolic OH excluding ortho intramolecular Hbond substituents is 1. The summed E-state index contributed by atoms with van der Waals surface area (Å²) in [4.78, 5) is 11.9. The van der Waals surface area contributed by atoms with Gasteiger partial charge in [-0.2, -0.15) is 5.10 Å². The number of hydrogen-bond donors (Lipinski definition) is 2. The lowest BCUT2D eigenvalue weighted by Gasteiger charge is -2.10. The Balaban J connectivity index is 1.95. The van der Waals surface area contributed by atoms with Crippen molar-refractivity contribution in [3.05, 3.63) is 46.8 Å². The highest BCUT2D eigenvalue weighted by atomic mass is 127. The second kappa shape index (κ2) is 9.90. The molecule has 0 spiro atoms. The maximum absolute atomic E-state index is 11.9. The van der Waals surface area contributed by atoms with Crippen LogP contribution < -0.4 is 14.9 Å². The number of ether oxygens (including phenoxy) is 2. The van der Waals surface area contributed by atoms with Gasteiger partial charge in [0.1, 0.15) is 5.75 Å². The maximum atomic E-state index is 11.9. The number of carbonyl (C=O) groups is 1. The van der Waals surface area contributed by atoms with Crippen molar-refractivity contribution in [3.63, 3.8) is 0 Å². The molecule has 0 saturated heterocycles. The summed E-state index contributed by atoms with van der Waals surface area (Å²) in [5, 5.41) is 13.7. The average molecular weight is 663 g/mol. The molecule has 0 aliphatic rings. The third-order valence-corrected chi connectivity index (χ3v) is 5.44. The number of aromatic hydroxyl groups is 1. The molecule has 2 rings (SSSR count). The van der Waals surface area contributed by atoms with E-state index in [0.29, 0.717) is 29.6 Å². The Bertz CT molecular complexity index is 839. The van der Waals surface area contributed by atoms with Crippen LogP contribution in [0.25, 0.3) is 0 Å². The smallest absolute Gasteiger partial charge is 0.277 e. The van der Waals surface area contributed by atoms with Gasteiger partial charge in [-0.1, -0.05) is 15.9 Å². The number of nitrogens with zero attached hydrogens (tertiary/aromatic N) is 1. The number of hydrazone groups is 1. The van der Waals surface area contributed by atoms with E-state index in [1.807, 2.05) is 34.7 Å². The highest BCUT2D eigenvalue weighted by Gasteiger charge is 2.11. The Hall–Kier alpha value is -0.850. The van der Waals surface area contributed by atoms with E-state index >= 15 is 0 Å². The zero-order chi connectivity index (χ0) is 19.3. The maximum Gasteiger partial charge on any atom is 0.277 e. The van der Waals surface area contributed by atoms with Crippen LogP contribution in [-0.2, 0) is 4.79 Å². The van der Waals surface area contributed by atoms with E-state index < -0.39 is 5.91 Å². The summed E-state index contributed by atoms with van der Waals surface area (Å²) in [5.74, 6) is 0.500. The van der Waals surface area contributed by atoms with Crippen molar-refractivity contribution < 1.29 is 19.4 Å². The van der Waals surface area contributed by atoms with Gasteiger partial charge in [-0.15, -0.1) is 0 Å². The van der Waals surface area contributed by atoms with Crippen molar-refractivity contribution in [2.45, 2.75) is 0 Å². The number of phenols is 1. The predicted molar refractivity (Wildman–Crippen MR) is 118 cm³/mol. The number of halogens is 4. The number of benzene rings is 2. The van der Waals surface area contributed by atoms with Gasteiger partial charge in [0.05, 0.1) is 25.8 Å². The molecule has 2 aromatic rings. The van der Waals surface area contributed by atoms with Crippen molar-refractivity contribution in [2.24, 2.45) is 5.10 Å². The zero-order valence-electron chi connectivity index (χ0n) is 13.2. The molecule has 0 bridgehead atoms. The van der Waals surface area contributed by atoms with Gasteiger partial charge >= 0.3 is 0 Å². The number of hydrogen-bond acceptors (Lipinski definition) is 5. The van der Waals surface area contributed by atoms with E-state index in [1.165, 1.54) is 13.3 Å². The van der Waals surface area contributed by atoms with Gasteiger partial charge in [0.25, 0.3) is 5.91 Å². The quantitative estimate of drug-likeness (QED) is 0.264. The van der Waals surface area contributed by atoms with E-state index in [1.54, 1.807) is 12.1 Å². The fraction of sp³-hybridized carbons (Fsp3) is 0.125. The highest BCUT2D eigenvalue weighted by molar-refractivity contribution is 14.1. The lowest BCUT2D eigenvalue weighted by molar-refractivity contribution is -0.123. The fourth-order valence-corrected chi connectivity index (χ4v) is 4.95. The molecule has 10 heteroatoms. The molecule has 0 radical (unpaired) electrons. The number of nitrogens with one attached hydrogen (secondary N) is 1. The lowest BCUT2D eigenvalue weighted by atomic mass is 10.2. The molecule has 0 fully saturated rings. The summed E-state index contributed by atoms with van der Waals surface area (Å²) in [7, 11) is 1.46. The molecule has 0 unspecified atom stereocenters. The minimum Gasteiger partial charge on any atom is -0.504 e.